The van der Waals surface area contributed by atoms with E-state index in [0.717, 1.165) is 23.4 Å². The number of carbonyl (C=O) groups excluding carboxylic acids is 1. The molecule has 134 valence electrons. The highest BCUT2D eigenvalue weighted by Crippen LogP contribution is 2.30. The summed E-state index contributed by atoms with van der Waals surface area (Å²) in [6.07, 6.45) is 3.73. The number of fused-ring (bicyclic) bond motifs is 1. The first-order valence-corrected chi connectivity index (χ1v) is 8.58. The lowest BCUT2D eigenvalue weighted by Gasteiger charge is -2.28. The molecule has 2 aromatic heterocycles. The van der Waals surface area contributed by atoms with Gasteiger partial charge in [0.25, 0.3) is 5.91 Å². The molecule has 0 fully saturated rings. The van der Waals surface area contributed by atoms with Crippen LogP contribution < -0.4 is 0 Å². The molecule has 7 nitrogen and oxygen atoms in total. The number of nitrogens with zero attached hydrogens (tertiary/aromatic N) is 4. The van der Waals surface area contributed by atoms with E-state index in [1.165, 1.54) is 6.39 Å². The van der Waals surface area contributed by atoms with E-state index in [1.807, 2.05) is 39.9 Å². The van der Waals surface area contributed by atoms with Crippen LogP contribution >= 0.6 is 0 Å². The van der Waals surface area contributed by atoms with Crippen LogP contribution in [0.25, 0.3) is 11.4 Å². The zero-order chi connectivity index (χ0) is 17.9. The highest BCUT2D eigenvalue weighted by molar-refractivity contribution is 5.94. The highest BCUT2D eigenvalue weighted by atomic mass is 16.5. The first-order valence-electron chi connectivity index (χ1n) is 8.58. The Hall–Kier alpha value is -2.93. The van der Waals surface area contributed by atoms with Crippen LogP contribution in [0, 0.1) is 0 Å². The molecule has 3 aromatic rings. The molecule has 0 radical (unpaired) electrons. The van der Waals surface area contributed by atoms with Gasteiger partial charge in [0, 0.05) is 36.9 Å². The van der Waals surface area contributed by atoms with Crippen LogP contribution in [-0.2, 0) is 24.2 Å². The van der Waals surface area contributed by atoms with Crippen LogP contribution in [-0.4, -0.2) is 45.8 Å². The second-order valence-electron chi connectivity index (χ2n) is 6.21. The Morgan fingerprint density at radius 2 is 2.15 bits per heavy atom. The average molecular weight is 352 g/mol. The van der Waals surface area contributed by atoms with Crippen LogP contribution in [0.15, 0.2) is 47.4 Å². The molecule has 1 amide bonds. The quantitative estimate of drug-likeness (QED) is 0.705. The van der Waals surface area contributed by atoms with Crippen molar-refractivity contribution >= 4 is 5.91 Å². The summed E-state index contributed by atoms with van der Waals surface area (Å²) in [4.78, 5) is 18.9. The van der Waals surface area contributed by atoms with E-state index in [0.29, 0.717) is 37.5 Å². The number of carbonyl (C=O) groups is 1. The lowest BCUT2D eigenvalue weighted by Crippen LogP contribution is -2.36. The molecule has 26 heavy (non-hydrogen) atoms. The number of ether oxygens (including phenoxy) is 1. The number of methoxy groups -OCH3 is 1. The Kier molecular flexibility index (Phi) is 4.53. The summed E-state index contributed by atoms with van der Waals surface area (Å²) >= 11 is 0. The first-order chi connectivity index (χ1) is 12.8. The maximum Gasteiger partial charge on any atom is 0.254 e. The van der Waals surface area contributed by atoms with Crippen molar-refractivity contribution in [2.75, 3.05) is 20.3 Å². The van der Waals surface area contributed by atoms with E-state index >= 15 is 0 Å². The molecule has 0 N–H and O–H groups in total. The summed E-state index contributed by atoms with van der Waals surface area (Å²) in [6, 6.07) is 9.36. The third kappa shape index (κ3) is 3.01. The van der Waals surface area contributed by atoms with Gasteiger partial charge in [0.05, 0.1) is 19.7 Å². The van der Waals surface area contributed by atoms with Gasteiger partial charge in [-0.15, -0.1) is 0 Å². The van der Waals surface area contributed by atoms with E-state index in [1.54, 1.807) is 13.4 Å². The minimum Gasteiger partial charge on any atom is -0.451 e. The van der Waals surface area contributed by atoms with Gasteiger partial charge in [-0.3, -0.25) is 9.48 Å². The number of hydrogen-bond donors (Lipinski definition) is 0. The van der Waals surface area contributed by atoms with Crippen molar-refractivity contribution in [3.63, 3.8) is 0 Å². The Morgan fingerprint density at radius 1 is 1.31 bits per heavy atom. The SMILES string of the molecule is COCCn1nc(-c2cocn2)c2c1CCN(C(=O)c1ccccc1)C2. The van der Waals surface area contributed by atoms with Gasteiger partial charge in [0.2, 0.25) is 0 Å². The molecule has 0 unspecified atom stereocenters. The third-order valence-electron chi connectivity index (χ3n) is 4.62. The topological polar surface area (TPSA) is 73.4 Å². The minimum absolute atomic E-state index is 0.0343. The molecule has 1 aromatic carbocycles. The van der Waals surface area contributed by atoms with Gasteiger partial charge in [0.1, 0.15) is 17.7 Å². The second-order valence-corrected chi connectivity index (χ2v) is 6.21. The van der Waals surface area contributed by atoms with Crippen molar-refractivity contribution in [3.8, 4) is 11.4 Å². The van der Waals surface area contributed by atoms with Crippen molar-refractivity contribution in [2.24, 2.45) is 0 Å². The fraction of sp³-hybridized carbons (Fsp3) is 0.316. The third-order valence-corrected chi connectivity index (χ3v) is 4.62. The van der Waals surface area contributed by atoms with Gasteiger partial charge < -0.3 is 14.1 Å². The van der Waals surface area contributed by atoms with Crippen LogP contribution in [0.5, 0.6) is 0 Å². The standard InChI is InChI=1S/C19H20N4O3/c1-25-10-9-23-17-7-8-22(19(24)14-5-3-2-4-6-14)11-15(17)18(21-23)16-12-26-13-20-16/h2-6,12-13H,7-11H2,1H3. The van der Waals surface area contributed by atoms with Crippen molar-refractivity contribution in [1.82, 2.24) is 19.7 Å². The molecule has 0 aliphatic carbocycles. The van der Waals surface area contributed by atoms with E-state index in [2.05, 4.69) is 4.98 Å². The van der Waals surface area contributed by atoms with E-state index < -0.39 is 0 Å². The molecular weight excluding hydrogens is 332 g/mol. The van der Waals surface area contributed by atoms with Gasteiger partial charge in [-0.25, -0.2) is 4.98 Å². The van der Waals surface area contributed by atoms with E-state index in [4.69, 9.17) is 14.3 Å². The largest absolute Gasteiger partial charge is 0.451 e. The van der Waals surface area contributed by atoms with Crippen LogP contribution in [0.2, 0.25) is 0 Å². The Balaban J connectivity index is 1.67. The number of benzene rings is 1. The number of rotatable bonds is 5. The Bertz CT molecular complexity index is 887. The zero-order valence-electron chi connectivity index (χ0n) is 14.6. The first kappa shape index (κ1) is 16.5. The van der Waals surface area contributed by atoms with Crippen LogP contribution in [0.4, 0.5) is 0 Å². The zero-order valence-corrected chi connectivity index (χ0v) is 14.6. The molecule has 7 heteroatoms. The van der Waals surface area contributed by atoms with Crippen molar-refractivity contribution in [3.05, 3.63) is 59.8 Å². The predicted octanol–water partition coefficient (Wildman–Crippen LogP) is 2.38. The Morgan fingerprint density at radius 3 is 2.88 bits per heavy atom. The van der Waals surface area contributed by atoms with Crippen molar-refractivity contribution < 1.29 is 13.9 Å². The van der Waals surface area contributed by atoms with Crippen molar-refractivity contribution in [2.45, 2.75) is 19.5 Å². The molecule has 1 aliphatic heterocycles. The summed E-state index contributed by atoms with van der Waals surface area (Å²) in [6.45, 7) is 2.43. The lowest BCUT2D eigenvalue weighted by molar-refractivity contribution is 0.0733. The maximum atomic E-state index is 12.8. The molecule has 0 spiro atoms. The molecule has 3 heterocycles. The molecule has 4 rings (SSSR count). The normalized spacial score (nSPS) is 13.7. The van der Waals surface area contributed by atoms with Gasteiger partial charge in [-0.2, -0.15) is 5.10 Å². The molecule has 0 saturated carbocycles. The van der Waals surface area contributed by atoms with Gasteiger partial charge in [-0.1, -0.05) is 18.2 Å². The Labute approximate surface area is 151 Å². The predicted molar refractivity (Wildman–Crippen MR) is 94.5 cm³/mol. The number of aromatic nitrogens is 3. The molecule has 1 aliphatic rings. The fourth-order valence-corrected chi connectivity index (χ4v) is 3.33. The molecule has 0 bridgehead atoms. The van der Waals surface area contributed by atoms with Crippen LogP contribution in [0.3, 0.4) is 0 Å². The number of hydrogen-bond acceptors (Lipinski definition) is 5. The molecular formula is C19H20N4O3. The maximum absolute atomic E-state index is 12.8. The number of oxazole rings is 1. The summed E-state index contributed by atoms with van der Waals surface area (Å²) in [5.74, 6) is 0.0343. The van der Waals surface area contributed by atoms with Crippen LogP contribution in [0.1, 0.15) is 21.6 Å². The summed E-state index contributed by atoms with van der Waals surface area (Å²) in [7, 11) is 1.68. The highest BCUT2D eigenvalue weighted by Gasteiger charge is 2.29. The second kappa shape index (κ2) is 7.13. The van der Waals surface area contributed by atoms with Gasteiger partial charge >= 0.3 is 0 Å². The average Bonchev–Trinajstić information content (AvgIpc) is 3.34. The summed E-state index contributed by atoms with van der Waals surface area (Å²) in [5.41, 5.74) is 4.33. The minimum atomic E-state index is 0.0343. The smallest absolute Gasteiger partial charge is 0.254 e. The lowest BCUT2D eigenvalue weighted by atomic mass is 10.0. The summed E-state index contributed by atoms with van der Waals surface area (Å²) in [5, 5.41) is 4.71. The number of amides is 1. The van der Waals surface area contributed by atoms with Crippen molar-refractivity contribution in [1.29, 1.82) is 0 Å². The molecule has 0 atom stereocenters. The summed E-state index contributed by atoms with van der Waals surface area (Å²) < 4.78 is 12.3. The van der Waals surface area contributed by atoms with E-state index in [9.17, 15) is 4.79 Å². The van der Waals surface area contributed by atoms with Gasteiger partial charge in [-0.05, 0) is 12.1 Å². The van der Waals surface area contributed by atoms with E-state index in [-0.39, 0.29) is 5.91 Å². The fourth-order valence-electron chi connectivity index (χ4n) is 3.33. The molecule has 0 saturated heterocycles. The monoisotopic (exact) mass is 352 g/mol. The van der Waals surface area contributed by atoms with Gasteiger partial charge in [0.15, 0.2) is 6.39 Å².